The summed E-state index contributed by atoms with van der Waals surface area (Å²) in [6.07, 6.45) is 3.03. The highest BCUT2D eigenvalue weighted by atomic mass is 32.1. The van der Waals surface area contributed by atoms with Crippen molar-refractivity contribution in [3.63, 3.8) is 0 Å². The van der Waals surface area contributed by atoms with E-state index in [1.54, 1.807) is 18.4 Å². The summed E-state index contributed by atoms with van der Waals surface area (Å²) in [7, 11) is 1.57. The first-order chi connectivity index (χ1) is 11.2. The fourth-order valence-electron chi connectivity index (χ4n) is 3.24. The molecular weight excluding hydrogens is 308 g/mol. The van der Waals surface area contributed by atoms with Crippen LogP contribution in [0.5, 0.6) is 5.75 Å². The van der Waals surface area contributed by atoms with Crippen molar-refractivity contribution in [2.75, 3.05) is 7.11 Å². The van der Waals surface area contributed by atoms with Crippen molar-refractivity contribution in [2.24, 2.45) is 5.73 Å². The lowest BCUT2D eigenvalue weighted by atomic mass is 9.93. The fourth-order valence-corrected chi connectivity index (χ4v) is 3.99. The SMILES string of the molecule is COc1cc2c(cc1C(N)=O)-c1c(-c3cccs3)ccn1CC2. The number of benzene rings is 1. The molecule has 3 heterocycles. The maximum absolute atomic E-state index is 11.8. The number of nitrogens with zero attached hydrogens (tertiary/aromatic N) is 1. The number of rotatable bonds is 3. The average molecular weight is 324 g/mol. The van der Waals surface area contributed by atoms with Gasteiger partial charge in [0, 0.05) is 28.7 Å². The third-order valence-electron chi connectivity index (χ3n) is 4.32. The van der Waals surface area contributed by atoms with Gasteiger partial charge < -0.3 is 15.0 Å². The van der Waals surface area contributed by atoms with Crippen LogP contribution in [0.1, 0.15) is 15.9 Å². The van der Waals surface area contributed by atoms with Crippen LogP contribution in [-0.2, 0) is 13.0 Å². The smallest absolute Gasteiger partial charge is 0.252 e. The minimum Gasteiger partial charge on any atom is -0.496 e. The standard InChI is InChI=1S/C18H16N2O2S/c1-22-15-9-11-4-6-20-7-5-12(16-3-2-8-23-16)17(20)13(11)10-14(15)18(19)21/h2-3,5,7-10H,4,6H2,1H3,(H2,19,21). The van der Waals surface area contributed by atoms with Gasteiger partial charge in [-0.2, -0.15) is 0 Å². The Morgan fingerprint density at radius 3 is 2.87 bits per heavy atom. The van der Waals surface area contributed by atoms with Crippen LogP contribution in [0.15, 0.2) is 41.9 Å². The molecule has 0 fully saturated rings. The summed E-state index contributed by atoms with van der Waals surface area (Å²) in [6, 6.07) is 10.1. The number of carbonyl (C=O) groups excluding carboxylic acids is 1. The van der Waals surface area contributed by atoms with Crippen LogP contribution in [-0.4, -0.2) is 17.6 Å². The second kappa shape index (κ2) is 5.28. The summed E-state index contributed by atoms with van der Waals surface area (Å²) in [4.78, 5) is 13.0. The largest absolute Gasteiger partial charge is 0.496 e. The number of methoxy groups -OCH3 is 1. The number of aryl methyl sites for hydroxylation is 2. The molecule has 0 aliphatic carbocycles. The summed E-state index contributed by atoms with van der Waals surface area (Å²) in [6.45, 7) is 0.923. The number of hydrogen-bond acceptors (Lipinski definition) is 3. The van der Waals surface area contributed by atoms with E-state index < -0.39 is 5.91 Å². The number of thiophene rings is 1. The lowest BCUT2D eigenvalue weighted by Gasteiger charge is -2.22. The maximum atomic E-state index is 11.8. The molecule has 5 heteroatoms. The van der Waals surface area contributed by atoms with Gasteiger partial charge >= 0.3 is 0 Å². The Labute approximate surface area is 138 Å². The molecule has 0 saturated carbocycles. The number of fused-ring (bicyclic) bond motifs is 3. The van der Waals surface area contributed by atoms with E-state index in [2.05, 4.69) is 34.3 Å². The number of carbonyl (C=O) groups is 1. The average Bonchev–Trinajstić information content (AvgIpc) is 3.22. The molecule has 0 unspecified atom stereocenters. The minimum atomic E-state index is -0.467. The normalized spacial score (nSPS) is 12.6. The molecule has 3 aromatic rings. The van der Waals surface area contributed by atoms with Crippen molar-refractivity contribution in [1.29, 1.82) is 0 Å². The first kappa shape index (κ1) is 14.1. The van der Waals surface area contributed by atoms with Gasteiger partial charge in [-0.25, -0.2) is 0 Å². The molecule has 23 heavy (non-hydrogen) atoms. The van der Waals surface area contributed by atoms with E-state index in [9.17, 15) is 4.79 Å². The lowest BCUT2D eigenvalue weighted by Crippen LogP contribution is -2.16. The summed E-state index contributed by atoms with van der Waals surface area (Å²) in [5.74, 6) is 0.0833. The quantitative estimate of drug-likeness (QED) is 0.801. The Balaban J connectivity index is 1.97. The van der Waals surface area contributed by atoms with Gasteiger partial charge in [0.1, 0.15) is 5.75 Å². The van der Waals surface area contributed by atoms with E-state index in [1.807, 2.05) is 12.1 Å². The summed E-state index contributed by atoms with van der Waals surface area (Å²) in [5, 5.41) is 2.08. The van der Waals surface area contributed by atoms with E-state index in [1.165, 1.54) is 16.0 Å². The molecule has 0 saturated heterocycles. The minimum absolute atomic E-state index is 0.429. The summed E-state index contributed by atoms with van der Waals surface area (Å²) < 4.78 is 7.58. The second-order valence-corrected chi connectivity index (χ2v) is 6.52. The zero-order valence-electron chi connectivity index (χ0n) is 12.7. The molecule has 2 N–H and O–H groups in total. The van der Waals surface area contributed by atoms with Crippen molar-refractivity contribution in [3.05, 3.63) is 53.0 Å². The molecule has 1 amide bonds. The lowest BCUT2D eigenvalue weighted by molar-refractivity contribution is 0.0997. The molecule has 4 rings (SSSR count). The highest BCUT2D eigenvalue weighted by molar-refractivity contribution is 7.13. The third-order valence-corrected chi connectivity index (χ3v) is 5.22. The van der Waals surface area contributed by atoms with Crippen molar-refractivity contribution in [1.82, 2.24) is 4.57 Å². The Morgan fingerprint density at radius 1 is 1.30 bits per heavy atom. The zero-order chi connectivity index (χ0) is 16.0. The van der Waals surface area contributed by atoms with E-state index in [-0.39, 0.29) is 0 Å². The van der Waals surface area contributed by atoms with Gasteiger partial charge in [-0.1, -0.05) is 6.07 Å². The molecule has 0 spiro atoms. The Bertz CT molecular complexity index is 894. The molecule has 0 bridgehead atoms. The molecule has 2 aromatic heterocycles. The predicted molar refractivity (Wildman–Crippen MR) is 92.0 cm³/mol. The van der Waals surface area contributed by atoms with Crippen LogP contribution < -0.4 is 10.5 Å². The zero-order valence-corrected chi connectivity index (χ0v) is 13.5. The first-order valence-electron chi connectivity index (χ1n) is 7.43. The monoisotopic (exact) mass is 324 g/mol. The van der Waals surface area contributed by atoms with Gasteiger partial charge in [0.05, 0.1) is 18.4 Å². The number of amides is 1. The fraction of sp³-hybridized carbons (Fsp3) is 0.167. The van der Waals surface area contributed by atoms with Gasteiger partial charge in [-0.15, -0.1) is 11.3 Å². The molecule has 0 radical (unpaired) electrons. The molecule has 1 aliphatic rings. The number of hydrogen-bond donors (Lipinski definition) is 1. The summed E-state index contributed by atoms with van der Waals surface area (Å²) >= 11 is 1.72. The van der Waals surface area contributed by atoms with Crippen LogP contribution in [0, 0.1) is 0 Å². The molecule has 0 atom stereocenters. The summed E-state index contributed by atoms with van der Waals surface area (Å²) in [5.41, 5.74) is 10.6. The topological polar surface area (TPSA) is 57.2 Å². The van der Waals surface area contributed by atoms with Gasteiger partial charge in [0.2, 0.25) is 0 Å². The first-order valence-corrected chi connectivity index (χ1v) is 8.31. The van der Waals surface area contributed by atoms with Gasteiger partial charge in [0.15, 0.2) is 0 Å². The van der Waals surface area contributed by atoms with Crippen LogP contribution in [0.25, 0.3) is 21.7 Å². The molecular formula is C18H16N2O2S. The Kier molecular flexibility index (Phi) is 3.23. The highest BCUT2D eigenvalue weighted by Crippen LogP contribution is 2.41. The third kappa shape index (κ3) is 2.16. The molecule has 1 aliphatic heterocycles. The van der Waals surface area contributed by atoms with Crippen LogP contribution in [0.4, 0.5) is 0 Å². The Morgan fingerprint density at radius 2 is 2.17 bits per heavy atom. The molecule has 1 aromatic carbocycles. The van der Waals surface area contributed by atoms with E-state index in [0.717, 1.165) is 24.2 Å². The molecule has 4 nitrogen and oxygen atoms in total. The number of primary amides is 1. The predicted octanol–water partition coefficient (Wildman–Crippen LogP) is 3.55. The van der Waals surface area contributed by atoms with Gasteiger partial charge in [-0.05, 0) is 41.6 Å². The number of aromatic nitrogens is 1. The molecule has 116 valence electrons. The van der Waals surface area contributed by atoms with E-state index in [0.29, 0.717) is 11.3 Å². The maximum Gasteiger partial charge on any atom is 0.252 e. The Hall–Kier alpha value is -2.53. The van der Waals surface area contributed by atoms with Gasteiger partial charge in [0.25, 0.3) is 5.91 Å². The number of ether oxygens (including phenoxy) is 1. The van der Waals surface area contributed by atoms with Crippen molar-refractivity contribution in [3.8, 4) is 27.4 Å². The van der Waals surface area contributed by atoms with Crippen molar-refractivity contribution < 1.29 is 9.53 Å². The van der Waals surface area contributed by atoms with Crippen LogP contribution >= 0.6 is 11.3 Å². The van der Waals surface area contributed by atoms with Crippen molar-refractivity contribution >= 4 is 17.2 Å². The highest BCUT2D eigenvalue weighted by Gasteiger charge is 2.24. The second-order valence-electron chi connectivity index (χ2n) is 5.57. The van der Waals surface area contributed by atoms with E-state index >= 15 is 0 Å². The van der Waals surface area contributed by atoms with Crippen molar-refractivity contribution in [2.45, 2.75) is 13.0 Å². The van der Waals surface area contributed by atoms with Gasteiger partial charge in [-0.3, -0.25) is 4.79 Å². The van der Waals surface area contributed by atoms with E-state index in [4.69, 9.17) is 10.5 Å². The van der Waals surface area contributed by atoms with Crippen LogP contribution in [0.2, 0.25) is 0 Å². The van der Waals surface area contributed by atoms with Crippen LogP contribution in [0.3, 0.4) is 0 Å². The number of nitrogens with two attached hydrogens (primary N) is 1.